The van der Waals surface area contributed by atoms with Crippen LogP contribution in [-0.4, -0.2) is 53.5 Å². The number of rotatable bonds is 8. The molecule has 0 aliphatic rings. The van der Waals surface area contributed by atoms with E-state index in [-0.39, 0.29) is 0 Å². The van der Waals surface area contributed by atoms with Crippen LogP contribution in [0.15, 0.2) is 18.3 Å². The van der Waals surface area contributed by atoms with Crippen LogP contribution in [0.2, 0.25) is 0 Å². The fourth-order valence-electron chi connectivity index (χ4n) is 1.99. The van der Waals surface area contributed by atoms with Crippen LogP contribution in [0.1, 0.15) is 24.6 Å². The topological polar surface area (TPSA) is 45.4 Å². The number of aromatic nitrogens is 1. The maximum atomic E-state index is 5.72. The lowest BCUT2D eigenvalue weighted by Crippen LogP contribution is -2.28. The van der Waals surface area contributed by atoms with Crippen molar-refractivity contribution in [1.29, 1.82) is 0 Å². The molecule has 19 heavy (non-hydrogen) atoms. The quantitative estimate of drug-likeness (QED) is 0.731. The molecule has 4 nitrogen and oxygen atoms in total. The van der Waals surface area contributed by atoms with E-state index in [9.17, 15) is 0 Å². The summed E-state index contributed by atoms with van der Waals surface area (Å²) in [5.74, 6) is 0. The van der Waals surface area contributed by atoms with Crippen molar-refractivity contribution in [2.45, 2.75) is 19.9 Å². The monoisotopic (exact) mass is 280 g/mol. The molecule has 0 atom stereocenters. The summed E-state index contributed by atoms with van der Waals surface area (Å²) in [4.78, 5) is 9.25. The Morgan fingerprint density at radius 2 is 2.11 bits per heavy atom. The molecule has 1 aromatic heterocycles. The molecule has 1 aromatic rings. The Morgan fingerprint density at radius 3 is 2.68 bits per heavy atom. The molecule has 0 bridgehead atoms. The molecular weight excluding hydrogens is 256 g/mol. The first-order valence-electron chi connectivity index (χ1n) is 6.65. The molecule has 0 aliphatic carbocycles. The molecule has 0 unspecified atom stereocenters. The first-order chi connectivity index (χ1) is 9.04. The minimum atomic E-state index is 0.375. The molecule has 0 aliphatic heterocycles. The van der Waals surface area contributed by atoms with Crippen LogP contribution in [0.3, 0.4) is 0 Å². The van der Waals surface area contributed by atoms with E-state index in [1.807, 2.05) is 6.07 Å². The molecule has 0 spiro atoms. The summed E-state index contributed by atoms with van der Waals surface area (Å²) < 4.78 is 0. The van der Waals surface area contributed by atoms with Gasteiger partial charge in [-0.05, 0) is 51.8 Å². The Balaban J connectivity index is 2.62. The van der Waals surface area contributed by atoms with Crippen LogP contribution in [0.4, 0.5) is 0 Å². The zero-order valence-electron chi connectivity index (χ0n) is 12.1. The Labute approximate surface area is 121 Å². The third-order valence-electron chi connectivity index (χ3n) is 3.05. The standard InChI is InChI=1S/C14H24N4S/c1-4-18(10-6-9-17(2)3)11-12-7-5-8-16-13(12)14(15)19/h5,7-8H,4,6,9-11H2,1-3H3,(H2,15,19). The molecule has 106 valence electrons. The van der Waals surface area contributed by atoms with Crippen molar-refractivity contribution in [2.24, 2.45) is 5.73 Å². The van der Waals surface area contributed by atoms with Crippen LogP contribution in [0, 0.1) is 0 Å². The van der Waals surface area contributed by atoms with Gasteiger partial charge in [-0.1, -0.05) is 25.2 Å². The number of hydrogen-bond acceptors (Lipinski definition) is 4. The average molecular weight is 280 g/mol. The number of pyridine rings is 1. The highest BCUT2D eigenvalue weighted by molar-refractivity contribution is 7.80. The molecule has 0 amide bonds. The van der Waals surface area contributed by atoms with Gasteiger partial charge in [-0.3, -0.25) is 9.88 Å². The summed E-state index contributed by atoms with van der Waals surface area (Å²) in [6.07, 6.45) is 2.89. The van der Waals surface area contributed by atoms with Gasteiger partial charge < -0.3 is 10.6 Å². The highest BCUT2D eigenvalue weighted by atomic mass is 32.1. The number of nitrogens with zero attached hydrogens (tertiary/aromatic N) is 3. The van der Waals surface area contributed by atoms with Crippen molar-refractivity contribution in [1.82, 2.24) is 14.8 Å². The lowest BCUT2D eigenvalue weighted by molar-refractivity contribution is 0.259. The van der Waals surface area contributed by atoms with Gasteiger partial charge in [0.05, 0.1) is 0 Å². The zero-order chi connectivity index (χ0) is 14.3. The second-order valence-electron chi connectivity index (χ2n) is 4.90. The Morgan fingerprint density at radius 1 is 1.37 bits per heavy atom. The van der Waals surface area contributed by atoms with E-state index in [2.05, 4.69) is 41.9 Å². The second-order valence-corrected chi connectivity index (χ2v) is 5.34. The van der Waals surface area contributed by atoms with Gasteiger partial charge in [0, 0.05) is 12.7 Å². The van der Waals surface area contributed by atoms with Gasteiger partial charge in [-0.15, -0.1) is 0 Å². The first kappa shape index (κ1) is 16.0. The van der Waals surface area contributed by atoms with E-state index in [0.717, 1.165) is 43.9 Å². The van der Waals surface area contributed by atoms with E-state index in [0.29, 0.717) is 4.99 Å². The van der Waals surface area contributed by atoms with Crippen LogP contribution in [0.25, 0.3) is 0 Å². The summed E-state index contributed by atoms with van der Waals surface area (Å²) in [6.45, 7) is 6.21. The van der Waals surface area contributed by atoms with Crippen molar-refractivity contribution in [3.63, 3.8) is 0 Å². The van der Waals surface area contributed by atoms with E-state index in [1.165, 1.54) is 0 Å². The van der Waals surface area contributed by atoms with Crippen molar-refractivity contribution in [3.05, 3.63) is 29.6 Å². The predicted octanol–water partition coefficient (Wildman–Crippen LogP) is 1.49. The molecule has 2 N–H and O–H groups in total. The van der Waals surface area contributed by atoms with Gasteiger partial charge in [0.15, 0.2) is 0 Å². The fourth-order valence-corrected chi connectivity index (χ4v) is 2.17. The molecule has 0 radical (unpaired) electrons. The summed E-state index contributed by atoms with van der Waals surface area (Å²) in [7, 11) is 4.20. The fraction of sp³-hybridized carbons (Fsp3) is 0.571. The van der Waals surface area contributed by atoms with Gasteiger partial charge in [-0.25, -0.2) is 0 Å². The molecule has 5 heteroatoms. The number of hydrogen-bond donors (Lipinski definition) is 1. The van der Waals surface area contributed by atoms with E-state index < -0.39 is 0 Å². The number of thiocarbonyl (C=S) groups is 1. The highest BCUT2D eigenvalue weighted by Gasteiger charge is 2.10. The highest BCUT2D eigenvalue weighted by Crippen LogP contribution is 2.09. The van der Waals surface area contributed by atoms with Gasteiger partial charge >= 0.3 is 0 Å². The maximum absolute atomic E-state index is 5.72. The Hall–Kier alpha value is -1.04. The van der Waals surface area contributed by atoms with Gasteiger partial charge in [0.25, 0.3) is 0 Å². The van der Waals surface area contributed by atoms with Crippen LogP contribution in [0.5, 0.6) is 0 Å². The van der Waals surface area contributed by atoms with Crippen molar-refractivity contribution < 1.29 is 0 Å². The van der Waals surface area contributed by atoms with Gasteiger partial charge in [-0.2, -0.15) is 0 Å². The average Bonchev–Trinajstić information content (AvgIpc) is 2.37. The van der Waals surface area contributed by atoms with Crippen molar-refractivity contribution in [3.8, 4) is 0 Å². The molecule has 1 rings (SSSR count). The van der Waals surface area contributed by atoms with Gasteiger partial charge in [0.1, 0.15) is 10.7 Å². The molecule has 0 saturated heterocycles. The maximum Gasteiger partial charge on any atom is 0.123 e. The Bertz CT molecular complexity index is 406. The lowest BCUT2D eigenvalue weighted by atomic mass is 10.1. The molecule has 0 aromatic carbocycles. The van der Waals surface area contributed by atoms with Crippen LogP contribution >= 0.6 is 12.2 Å². The summed E-state index contributed by atoms with van der Waals surface area (Å²) in [5.41, 5.74) is 7.58. The van der Waals surface area contributed by atoms with Gasteiger partial charge in [0.2, 0.25) is 0 Å². The summed E-state index contributed by atoms with van der Waals surface area (Å²) >= 11 is 5.05. The lowest BCUT2D eigenvalue weighted by Gasteiger charge is -2.22. The van der Waals surface area contributed by atoms with E-state index in [4.69, 9.17) is 18.0 Å². The molecular formula is C14H24N4S. The smallest absolute Gasteiger partial charge is 0.123 e. The number of nitrogens with two attached hydrogens (primary N) is 1. The predicted molar refractivity (Wildman–Crippen MR) is 84.2 cm³/mol. The SMILES string of the molecule is CCN(CCCN(C)C)Cc1cccnc1C(N)=S. The zero-order valence-corrected chi connectivity index (χ0v) is 12.9. The first-order valence-corrected chi connectivity index (χ1v) is 7.06. The molecule has 0 fully saturated rings. The molecule has 0 saturated carbocycles. The third-order valence-corrected chi connectivity index (χ3v) is 3.24. The molecule has 1 heterocycles. The summed E-state index contributed by atoms with van der Waals surface area (Å²) in [5, 5.41) is 0. The van der Waals surface area contributed by atoms with E-state index in [1.54, 1.807) is 6.20 Å². The van der Waals surface area contributed by atoms with Crippen molar-refractivity contribution in [2.75, 3.05) is 33.7 Å². The summed E-state index contributed by atoms with van der Waals surface area (Å²) in [6, 6.07) is 3.99. The van der Waals surface area contributed by atoms with Crippen LogP contribution in [-0.2, 0) is 6.54 Å². The van der Waals surface area contributed by atoms with Crippen LogP contribution < -0.4 is 5.73 Å². The normalized spacial score (nSPS) is 11.2. The van der Waals surface area contributed by atoms with Crippen molar-refractivity contribution >= 4 is 17.2 Å². The minimum absolute atomic E-state index is 0.375. The minimum Gasteiger partial charge on any atom is -0.388 e. The third kappa shape index (κ3) is 5.63. The second kappa shape index (κ2) is 8.19. The van der Waals surface area contributed by atoms with E-state index >= 15 is 0 Å². The largest absolute Gasteiger partial charge is 0.388 e. The Kier molecular flexibility index (Phi) is 6.91.